The number of aliphatic hydroxyl groups is 2. The molecule has 2 N–H and O–H groups in total. The highest BCUT2D eigenvalue weighted by molar-refractivity contribution is 6.00. The predicted octanol–water partition coefficient (Wildman–Crippen LogP) is 4.13. The van der Waals surface area contributed by atoms with Crippen LogP contribution in [0.25, 0.3) is 0 Å². The van der Waals surface area contributed by atoms with Crippen molar-refractivity contribution in [3.05, 3.63) is 70.8 Å². The Morgan fingerprint density at radius 3 is 2.42 bits per heavy atom. The maximum atomic E-state index is 13.5. The highest BCUT2D eigenvalue weighted by Gasteiger charge is 2.87. The molecule has 1 aromatic carbocycles. The van der Waals surface area contributed by atoms with Crippen LogP contribution in [0.2, 0.25) is 0 Å². The summed E-state index contributed by atoms with van der Waals surface area (Å²) in [6.45, 7) is 10.7. The number of rotatable bonds is 6. The quantitative estimate of drug-likeness (QED) is 0.313. The van der Waals surface area contributed by atoms with Gasteiger partial charge in [-0.15, -0.1) is 0 Å². The van der Waals surface area contributed by atoms with Gasteiger partial charge >= 0.3 is 11.9 Å². The molecule has 0 amide bonds. The minimum atomic E-state index is -1.47. The van der Waals surface area contributed by atoms with Gasteiger partial charge in [-0.2, -0.15) is 0 Å². The molecule has 8 atom stereocenters. The van der Waals surface area contributed by atoms with E-state index in [1.54, 1.807) is 26.8 Å². The lowest BCUT2D eigenvalue weighted by Crippen LogP contribution is -2.63. The third kappa shape index (κ3) is 3.96. The Morgan fingerprint density at radius 2 is 1.80 bits per heavy atom. The van der Waals surface area contributed by atoms with Gasteiger partial charge in [0, 0.05) is 40.6 Å². The van der Waals surface area contributed by atoms with Crippen molar-refractivity contribution in [3.8, 4) is 0 Å². The van der Waals surface area contributed by atoms with Crippen molar-refractivity contribution < 1.29 is 34.1 Å². The molecule has 40 heavy (non-hydrogen) atoms. The van der Waals surface area contributed by atoms with Gasteiger partial charge in [-0.25, -0.2) is 4.79 Å². The van der Waals surface area contributed by atoms with Gasteiger partial charge in [-0.05, 0) is 43.9 Å². The number of hydrogen-bond acceptors (Lipinski definition) is 7. The Labute approximate surface area is 235 Å². The molecule has 0 saturated heterocycles. The van der Waals surface area contributed by atoms with Gasteiger partial charge in [-0.3, -0.25) is 9.59 Å². The molecule has 0 heterocycles. The summed E-state index contributed by atoms with van der Waals surface area (Å²) in [5.74, 6) is -3.69. The monoisotopic (exact) mass is 548 g/mol. The molecule has 7 heteroatoms. The van der Waals surface area contributed by atoms with E-state index in [-0.39, 0.29) is 18.8 Å². The van der Waals surface area contributed by atoms with Gasteiger partial charge in [0.05, 0.1) is 18.6 Å². The average Bonchev–Trinajstić information content (AvgIpc) is 3.32. The Balaban J connectivity index is 1.64. The zero-order chi connectivity index (χ0) is 29.2. The van der Waals surface area contributed by atoms with Crippen LogP contribution in [0.5, 0.6) is 0 Å². The van der Waals surface area contributed by atoms with E-state index in [2.05, 4.69) is 0 Å². The lowest BCUT2D eigenvalue weighted by Gasteiger charge is -2.52. The molecule has 1 aromatic rings. The lowest BCUT2D eigenvalue weighted by atomic mass is 9.59. The van der Waals surface area contributed by atoms with Crippen molar-refractivity contribution >= 4 is 17.7 Å². The Bertz CT molecular complexity index is 1320. The van der Waals surface area contributed by atoms with Crippen LogP contribution in [0.15, 0.2) is 65.3 Å². The molecule has 5 rings (SSSR count). The van der Waals surface area contributed by atoms with Crippen LogP contribution in [0, 0.1) is 35.0 Å². The topological polar surface area (TPSA) is 110 Å². The fraction of sp³-hybridized carbons (Fsp3) is 0.545. The summed E-state index contributed by atoms with van der Waals surface area (Å²) in [5, 5.41) is 23.0. The van der Waals surface area contributed by atoms with E-state index in [4.69, 9.17) is 9.47 Å². The molecule has 4 aliphatic carbocycles. The molecule has 0 unspecified atom stereocenters. The lowest BCUT2D eigenvalue weighted by molar-refractivity contribution is -0.218. The first-order valence-corrected chi connectivity index (χ1v) is 14.2. The van der Waals surface area contributed by atoms with Crippen LogP contribution in [-0.2, 0) is 30.3 Å². The summed E-state index contributed by atoms with van der Waals surface area (Å²) in [6, 6.07) is 9.32. The first-order chi connectivity index (χ1) is 18.8. The number of esters is 2. The van der Waals surface area contributed by atoms with E-state index >= 15 is 0 Å². The average molecular weight is 549 g/mol. The molecule has 0 spiro atoms. The van der Waals surface area contributed by atoms with Gasteiger partial charge in [0.15, 0.2) is 11.4 Å². The summed E-state index contributed by atoms with van der Waals surface area (Å²) >= 11 is 0. The third-order valence-corrected chi connectivity index (χ3v) is 10.3. The highest BCUT2D eigenvalue weighted by Crippen LogP contribution is 2.77. The largest absolute Gasteiger partial charge is 0.454 e. The van der Waals surface area contributed by atoms with E-state index in [0.29, 0.717) is 23.1 Å². The Hall–Kier alpha value is -3.03. The van der Waals surface area contributed by atoms with Gasteiger partial charge < -0.3 is 19.7 Å². The van der Waals surface area contributed by atoms with Crippen molar-refractivity contribution in [3.63, 3.8) is 0 Å². The number of fused-ring (bicyclic) bond motifs is 5. The number of carbonyl (C=O) groups excluding carboxylic acids is 3. The van der Waals surface area contributed by atoms with Gasteiger partial charge in [0.25, 0.3) is 0 Å². The molecule has 7 nitrogen and oxygen atoms in total. The SMILES string of the molecule is C/C=C(/C)C(=O)O[C@@H]1[C@@H](C)[C@]2(O)[C@@H]3C=C(C)C(=O)[C@@H]3CC(CO)=C[C@H]2[C@@H]2C(C)(C)[C@]12OC(=O)Cc1ccccc1. The molecular formula is C33H40O7. The number of aliphatic hydroxyl groups excluding tert-OH is 1. The van der Waals surface area contributed by atoms with Crippen molar-refractivity contribution in [1.82, 2.24) is 0 Å². The summed E-state index contributed by atoms with van der Waals surface area (Å²) in [7, 11) is 0. The minimum Gasteiger partial charge on any atom is -0.454 e. The summed E-state index contributed by atoms with van der Waals surface area (Å²) in [5.41, 5.74) is -0.845. The zero-order valence-corrected chi connectivity index (χ0v) is 24.1. The third-order valence-electron chi connectivity index (χ3n) is 10.3. The normalized spacial score (nSPS) is 37.7. The number of Topliss-reactive ketones (excluding diaryl/α,β-unsaturated/α-hetero) is 1. The fourth-order valence-electron chi connectivity index (χ4n) is 8.07. The number of allylic oxidation sites excluding steroid dienone is 2. The standard InChI is InChI=1S/C33H40O7/c1-7-18(2)30(37)39-29-20(4)32(38)24-13-19(3)27(36)23(24)14-22(17-34)15-25(32)28-31(5,6)33(28,29)40-26(35)16-21-11-9-8-10-12-21/h7-13,15,20,23-25,28-29,34,38H,14,16-17H2,1-6H3/b18-7-/t20-,23-,24-,25+,28-,29-,32+,33-/m1/s1. The number of ketones is 1. The van der Waals surface area contributed by atoms with Crippen LogP contribution >= 0.6 is 0 Å². The molecule has 214 valence electrons. The predicted molar refractivity (Wildman–Crippen MR) is 149 cm³/mol. The van der Waals surface area contributed by atoms with Gasteiger partial charge in [-0.1, -0.05) is 69.3 Å². The van der Waals surface area contributed by atoms with Crippen LogP contribution in [0.1, 0.15) is 53.5 Å². The minimum absolute atomic E-state index is 0.0369. The van der Waals surface area contributed by atoms with Gasteiger partial charge in [0.1, 0.15) is 6.10 Å². The molecule has 2 saturated carbocycles. The second-order valence-electron chi connectivity index (χ2n) is 12.7. The highest BCUT2D eigenvalue weighted by atomic mass is 16.6. The second-order valence-corrected chi connectivity index (χ2v) is 12.7. The van der Waals surface area contributed by atoms with Crippen molar-refractivity contribution in [2.24, 2.45) is 35.0 Å². The molecule has 0 aliphatic heterocycles. The smallest absolute Gasteiger partial charge is 0.333 e. The molecule has 2 fully saturated rings. The molecular weight excluding hydrogens is 508 g/mol. The van der Waals surface area contributed by atoms with E-state index in [1.165, 1.54) is 0 Å². The maximum absolute atomic E-state index is 13.5. The molecule has 0 radical (unpaired) electrons. The molecule has 0 aromatic heterocycles. The van der Waals surface area contributed by atoms with Crippen molar-refractivity contribution in [1.29, 1.82) is 0 Å². The molecule has 4 aliphatic rings. The van der Waals surface area contributed by atoms with Crippen molar-refractivity contribution in [2.45, 2.75) is 71.7 Å². The maximum Gasteiger partial charge on any atom is 0.333 e. The number of benzene rings is 1. The van der Waals surface area contributed by atoms with E-state index in [9.17, 15) is 24.6 Å². The summed E-state index contributed by atoms with van der Waals surface area (Å²) < 4.78 is 12.6. The van der Waals surface area contributed by atoms with E-state index in [1.807, 2.05) is 63.3 Å². The molecule has 0 bridgehead atoms. The van der Waals surface area contributed by atoms with Crippen LogP contribution in [-0.4, -0.2) is 51.8 Å². The van der Waals surface area contributed by atoms with Crippen molar-refractivity contribution in [2.75, 3.05) is 6.61 Å². The first-order valence-electron chi connectivity index (χ1n) is 14.2. The van der Waals surface area contributed by atoms with Crippen LogP contribution in [0.3, 0.4) is 0 Å². The van der Waals surface area contributed by atoms with E-state index in [0.717, 1.165) is 5.56 Å². The van der Waals surface area contributed by atoms with Crippen LogP contribution < -0.4 is 0 Å². The summed E-state index contributed by atoms with van der Waals surface area (Å²) in [6.07, 6.45) is 4.86. The number of ether oxygens (including phenoxy) is 2. The van der Waals surface area contributed by atoms with Gasteiger partial charge in [0.2, 0.25) is 0 Å². The first kappa shape index (κ1) is 28.5. The number of carbonyl (C=O) groups is 3. The van der Waals surface area contributed by atoms with E-state index < -0.39 is 64.2 Å². The zero-order valence-electron chi connectivity index (χ0n) is 24.1. The fourth-order valence-corrected chi connectivity index (χ4v) is 8.07. The number of hydrogen-bond donors (Lipinski definition) is 2. The second kappa shape index (κ2) is 9.81. The Morgan fingerprint density at radius 1 is 1.12 bits per heavy atom. The summed E-state index contributed by atoms with van der Waals surface area (Å²) in [4.78, 5) is 39.9. The Kier molecular flexibility index (Phi) is 6.99. The van der Waals surface area contributed by atoms with Crippen LogP contribution in [0.4, 0.5) is 0 Å².